The van der Waals surface area contributed by atoms with Gasteiger partial charge in [0.25, 0.3) is 0 Å². The van der Waals surface area contributed by atoms with Crippen LogP contribution >= 0.6 is 0 Å². The van der Waals surface area contributed by atoms with Crippen molar-refractivity contribution >= 4 is 5.84 Å². The Morgan fingerprint density at radius 1 is 1.24 bits per heavy atom. The molecule has 0 aliphatic carbocycles. The summed E-state index contributed by atoms with van der Waals surface area (Å²) in [5.74, 6) is 0.0793. The minimum Gasteiger partial charge on any atom is -0.387 e. The van der Waals surface area contributed by atoms with Gasteiger partial charge >= 0.3 is 0 Å². The van der Waals surface area contributed by atoms with E-state index in [1.807, 2.05) is 30.3 Å². The molecule has 5 heteroatoms. The molecule has 0 saturated heterocycles. The number of amidine groups is 1. The fourth-order valence-electron chi connectivity index (χ4n) is 2.35. The highest BCUT2D eigenvalue weighted by atomic mass is 16.5. The van der Waals surface area contributed by atoms with E-state index < -0.39 is 0 Å². The van der Waals surface area contributed by atoms with Gasteiger partial charge < -0.3 is 15.2 Å². The molecular weight excluding hydrogens is 266 g/mol. The normalized spacial score (nSPS) is 14.1. The molecule has 2 atom stereocenters. The molecule has 5 nitrogen and oxygen atoms in total. The third-order valence-corrected chi connectivity index (χ3v) is 3.61. The Kier molecular flexibility index (Phi) is 7.97. The predicted molar refractivity (Wildman–Crippen MR) is 85.9 cm³/mol. The van der Waals surface area contributed by atoms with Gasteiger partial charge in [-0.1, -0.05) is 30.3 Å². The summed E-state index contributed by atoms with van der Waals surface area (Å²) in [5, 5.41) is 7.89. The van der Waals surface area contributed by atoms with Crippen LogP contribution in [0, 0.1) is 5.41 Å². The van der Waals surface area contributed by atoms with Crippen molar-refractivity contribution in [1.29, 1.82) is 5.41 Å². The number of rotatable bonds is 10. The molecule has 2 unspecified atom stereocenters. The highest BCUT2D eigenvalue weighted by molar-refractivity contribution is 5.84. The maximum absolute atomic E-state index is 7.89. The number of nitrogens with one attached hydrogen (secondary N) is 1. The quantitative estimate of drug-likeness (QED) is 0.509. The first-order valence-electron chi connectivity index (χ1n) is 7.21. The monoisotopic (exact) mass is 293 g/mol. The molecule has 0 aliphatic rings. The summed E-state index contributed by atoms with van der Waals surface area (Å²) in [6.07, 6.45) is 0. The summed E-state index contributed by atoms with van der Waals surface area (Å²) in [6.45, 7) is 4.88. The average molecular weight is 293 g/mol. The lowest BCUT2D eigenvalue weighted by Crippen LogP contribution is -2.43. The van der Waals surface area contributed by atoms with Gasteiger partial charge in [0, 0.05) is 33.4 Å². The standard InChI is InChI=1S/C16H27N3O2/c1-13(12-21-3)19(9-10-20-2)11-15(16(17)18)14-7-5-4-6-8-14/h4-8,13,15H,9-12H2,1-3H3,(H3,17,18). The molecule has 0 aliphatic heterocycles. The van der Waals surface area contributed by atoms with Crippen LogP contribution in [-0.2, 0) is 9.47 Å². The molecule has 0 amide bonds. The van der Waals surface area contributed by atoms with Crippen LogP contribution in [0.15, 0.2) is 30.3 Å². The van der Waals surface area contributed by atoms with Crippen molar-refractivity contribution in [3.05, 3.63) is 35.9 Å². The highest BCUT2D eigenvalue weighted by Gasteiger charge is 2.22. The van der Waals surface area contributed by atoms with Gasteiger partial charge in [-0.2, -0.15) is 0 Å². The van der Waals surface area contributed by atoms with Crippen LogP contribution in [0.3, 0.4) is 0 Å². The Hall–Kier alpha value is -1.43. The lowest BCUT2D eigenvalue weighted by atomic mass is 9.97. The highest BCUT2D eigenvalue weighted by Crippen LogP contribution is 2.18. The van der Waals surface area contributed by atoms with Gasteiger partial charge in [-0.25, -0.2) is 0 Å². The Bertz CT molecular complexity index is 411. The second-order valence-corrected chi connectivity index (χ2v) is 5.21. The van der Waals surface area contributed by atoms with E-state index in [0.717, 1.165) is 12.1 Å². The molecular formula is C16H27N3O2. The van der Waals surface area contributed by atoms with Crippen molar-refractivity contribution in [2.24, 2.45) is 5.73 Å². The second kappa shape index (κ2) is 9.50. The minimum atomic E-state index is -0.109. The molecule has 21 heavy (non-hydrogen) atoms. The summed E-state index contributed by atoms with van der Waals surface area (Å²) in [5.41, 5.74) is 6.88. The number of methoxy groups -OCH3 is 2. The van der Waals surface area contributed by atoms with Gasteiger partial charge in [-0.05, 0) is 12.5 Å². The van der Waals surface area contributed by atoms with Crippen LogP contribution in [0.4, 0.5) is 0 Å². The summed E-state index contributed by atoms with van der Waals surface area (Å²) >= 11 is 0. The van der Waals surface area contributed by atoms with E-state index in [2.05, 4.69) is 11.8 Å². The van der Waals surface area contributed by atoms with E-state index in [-0.39, 0.29) is 17.8 Å². The van der Waals surface area contributed by atoms with Gasteiger partial charge in [-0.15, -0.1) is 0 Å². The first-order valence-corrected chi connectivity index (χ1v) is 7.21. The van der Waals surface area contributed by atoms with Crippen LogP contribution in [0.2, 0.25) is 0 Å². The maximum atomic E-state index is 7.89. The zero-order chi connectivity index (χ0) is 15.7. The lowest BCUT2D eigenvalue weighted by Gasteiger charge is -2.31. The van der Waals surface area contributed by atoms with E-state index in [0.29, 0.717) is 19.8 Å². The van der Waals surface area contributed by atoms with Gasteiger partial charge in [0.1, 0.15) is 0 Å². The van der Waals surface area contributed by atoms with Crippen molar-refractivity contribution in [3.63, 3.8) is 0 Å². The Morgan fingerprint density at radius 2 is 1.90 bits per heavy atom. The zero-order valence-electron chi connectivity index (χ0n) is 13.2. The van der Waals surface area contributed by atoms with E-state index >= 15 is 0 Å². The molecule has 0 spiro atoms. The molecule has 0 aromatic heterocycles. The molecule has 0 fully saturated rings. The van der Waals surface area contributed by atoms with E-state index in [1.54, 1.807) is 14.2 Å². The number of benzene rings is 1. The van der Waals surface area contributed by atoms with E-state index in [1.165, 1.54) is 0 Å². The molecule has 0 radical (unpaired) electrons. The van der Waals surface area contributed by atoms with Crippen molar-refractivity contribution in [1.82, 2.24) is 4.90 Å². The van der Waals surface area contributed by atoms with Crippen LogP contribution in [0.5, 0.6) is 0 Å². The number of nitrogens with two attached hydrogens (primary N) is 1. The minimum absolute atomic E-state index is 0.109. The molecule has 0 bridgehead atoms. The van der Waals surface area contributed by atoms with Gasteiger partial charge in [0.15, 0.2) is 0 Å². The van der Waals surface area contributed by atoms with Crippen LogP contribution in [0.25, 0.3) is 0 Å². The van der Waals surface area contributed by atoms with E-state index in [4.69, 9.17) is 20.6 Å². The predicted octanol–water partition coefficient (Wildman–Crippen LogP) is 1.69. The largest absolute Gasteiger partial charge is 0.387 e. The molecule has 1 rings (SSSR count). The van der Waals surface area contributed by atoms with Crippen molar-refractivity contribution < 1.29 is 9.47 Å². The SMILES string of the molecule is COCCN(CC(C(=N)N)c1ccccc1)C(C)COC. The summed E-state index contributed by atoms with van der Waals surface area (Å²) < 4.78 is 10.4. The number of hydrogen-bond donors (Lipinski definition) is 2. The van der Waals surface area contributed by atoms with Crippen molar-refractivity contribution in [2.75, 3.05) is 40.5 Å². The molecule has 0 saturated carbocycles. The third-order valence-electron chi connectivity index (χ3n) is 3.61. The average Bonchev–Trinajstić information content (AvgIpc) is 2.48. The van der Waals surface area contributed by atoms with Gasteiger partial charge in [0.2, 0.25) is 0 Å². The summed E-state index contributed by atoms with van der Waals surface area (Å²) in [6, 6.07) is 10.2. The molecule has 1 aromatic rings. The lowest BCUT2D eigenvalue weighted by molar-refractivity contribution is 0.0743. The van der Waals surface area contributed by atoms with Crippen LogP contribution in [0.1, 0.15) is 18.4 Å². The molecule has 118 valence electrons. The zero-order valence-corrected chi connectivity index (χ0v) is 13.2. The van der Waals surface area contributed by atoms with Crippen LogP contribution in [-0.4, -0.2) is 57.3 Å². The van der Waals surface area contributed by atoms with Crippen LogP contribution < -0.4 is 5.73 Å². The smallest absolute Gasteiger partial charge is 0.0995 e. The number of hydrogen-bond acceptors (Lipinski definition) is 4. The first kappa shape index (κ1) is 17.6. The Balaban J connectivity index is 2.83. The first-order chi connectivity index (χ1) is 10.1. The topological polar surface area (TPSA) is 71.6 Å². The Morgan fingerprint density at radius 3 is 2.43 bits per heavy atom. The fraction of sp³-hybridized carbons (Fsp3) is 0.562. The summed E-state index contributed by atoms with van der Waals surface area (Å²) in [4.78, 5) is 2.26. The summed E-state index contributed by atoms with van der Waals surface area (Å²) in [7, 11) is 3.39. The van der Waals surface area contributed by atoms with Crippen molar-refractivity contribution in [3.8, 4) is 0 Å². The fourth-order valence-corrected chi connectivity index (χ4v) is 2.35. The number of ether oxygens (including phenoxy) is 2. The number of nitrogens with zero attached hydrogens (tertiary/aromatic N) is 1. The van der Waals surface area contributed by atoms with Gasteiger partial charge in [-0.3, -0.25) is 10.3 Å². The Labute approximate surface area is 127 Å². The van der Waals surface area contributed by atoms with Crippen molar-refractivity contribution in [2.45, 2.75) is 18.9 Å². The van der Waals surface area contributed by atoms with E-state index in [9.17, 15) is 0 Å². The molecule has 3 N–H and O–H groups in total. The second-order valence-electron chi connectivity index (χ2n) is 5.21. The molecule has 1 aromatic carbocycles. The maximum Gasteiger partial charge on any atom is 0.0995 e. The van der Waals surface area contributed by atoms with Gasteiger partial charge in [0.05, 0.1) is 25.0 Å². The molecule has 0 heterocycles. The third kappa shape index (κ3) is 5.83.